The molecule has 2 aromatic carbocycles. The minimum absolute atomic E-state index is 0.111. The molecule has 4 rings (SSSR count). The lowest BCUT2D eigenvalue weighted by Crippen LogP contribution is -2.47. The first-order valence-electron chi connectivity index (χ1n) is 10.7. The summed E-state index contributed by atoms with van der Waals surface area (Å²) in [7, 11) is 1.53. The third-order valence-corrected chi connectivity index (χ3v) is 5.52. The Morgan fingerprint density at radius 3 is 2.53 bits per heavy atom. The maximum atomic E-state index is 13.4. The lowest BCUT2D eigenvalue weighted by atomic mass is 10.1. The van der Waals surface area contributed by atoms with Crippen molar-refractivity contribution in [3.05, 3.63) is 91.7 Å². The summed E-state index contributed by atoms with van der Waals surface area (Å²) in [6.45, 7) is 9.46. The molecule has 0 radical (unpaired) electrons. The van der Waals surface area contributed by atoms with E-state index >= 15 is 0 Å². The summed E-state index contributed by atoms with van der Waals surface area (Å²) in [4.78, 5) is 36.2. The van der Waals surface area contributed by atoms with Gasteiger partial charge in [0.1, 0.15) is 17.5 Å². The van der Waals surface area contributed by atoms with E-state index in [4.69, 9.17) is 9.57 Å². The second-order valence-corrected chi connectivity index (χ2v) is 8.16. The summed E-state index contributed by atoms with van der Waals surface area (Å²) in [6, 6.07) is 15.0. The van der Waals surface area contributed by atoms with Crippen LogP contribution in [-0.2, 0) is 16.2 Å². The summed E-state index contributed by atoms with van der Waals surface area (Å²) >= 11 is 0. The van der Waals surface area contributed by atoms with Crippen LogP contribution in [0.2, 0.25) is 0 Å². The van der Waals surface area contributed by atoms with E-state index in [9.17, 15) is 9.59 Å². The van der Waals surface area contributed by atoms with Crippen LogP contribution in [0.1, 0.15) is 22.4 Å². The number of hydrogen-bond acceptors (Lipinski definition) is 6. The molecule has 0 unspecified atom stereocenters. The zero-order valence-electron chi connectivity index (χ0n) is 19.6. The van der Waals surface area contributed by atoms with Crippen LogP contribution in [-0.4, -0.2) is 23.4 Å². The van der Waals surface area contributed by atoms with Crippen molar-refractivity contribution in [3.63, 3.8) is 0 Å². The Labute approximate surface area is 196 Å². The van der Waals surface area contributed by atoms with Gasteiger partial charge in [-0.1, -0.05) is 42.5 Å². The number of rotatable bonds is 5. The topological polar surface area (TPSA) is 94.0 Å². The Bertz CT molecular complexity index is 1470. The van der Waals surface area contributed by atoms with Crippen molar-refractivity contribution in [1.82, 2.24) is 10.0 Å². The molecule has 2 N–H and O–H groups in total. The summed E-state index contributed by atoms with van der Waals surface area (Å²) in [5.74, 6) is 0.775. The first-order valence-corrected chi connectivity index (χ1v) is 10.7. The third kappa shape index (κ3) is 4.56. The quantitative estimate of drug-likeness (QED) is 0.609. The molecule has 2 heterocycles. The van der Waals surface area contributed by atoms with Gasteiger partial charge >= 0.3 is 0 Å². The van der Waals surface area contributed by atoms with E-state index in [1.54, 1.807) is 19.1 Å². The average molecular weight is 459 g/mol. The van der Waals surface area contributed by atoms with E-state index in [2.05, 4.69) is 22.4 Å². The van der Waals surface area contributed by atoms with Crippen molar-refractivity contribution >= 4 is 29.9 Å². The van der Waals surface area contributed by atoms with Crippen LogP contribution in [0.15, 0.2) is 58.3 Å². The van der Waals surface area contributed by atoms with Gasteiger partial charge in [0.05, 0.1) is 12.8 Å². The number of aromatic nitrogens is 1. The second-order valence-electron chi connectivity index (χ2n) is 8.16. The molecule has 0 saturated carbocycles. The number of aryl methyl sites for hydroxylation is 3. The Morgan fingerprint density at radius 2 is 1.82 bits per heavy atom. The molecule has 8 heteroatoms. The number of nitrogens with one attached hydrogen (secondary N) is 2. The standard InChI is InChI=1S/C26H26N4O4/c1-15-6-9-19(10-7-15)24-28-25(34-29-24)23-17(3)13-18(4)30(26(23)32)14-22(31)27-20-12-16(2)8-11-21(20)33-5/h6-13H,3,14H2,1-2,4-5H3,(H,27,31)(H,28,29). The number of ether oxygens (including phenoxy) is 1. The highest BCUT2D eigenvalue weighted by atomic mass is 16.7. The molecule has 0 fully saturated rings. The predicted octanol–water partition coefficient (Wildman–Crippen LogP) is 1.88. The fourth-order valence-corrected chi connectivity index (χ4v) is 3.70. The SMILES string of the molecule is C=c1cc(C)n(CC(=O)Nc2cc(C)ccc2OC)c(=O)c1=C1N=C(c2ccc(C)cc2)NO1. The van der Waals surface area contributed by atoms with Crippen LogP contribution in [0.3, 0.4) is 0 Å². The fourth-order valence-electron chi connectivity index (χ4n) is 3.70. The molecule has 174 valence electrons. The highest BCUT2D eigenvalue weighted by Gasteiger charge is 2.19. The number of pyridine rings is 1. The minimum atomic E-state index is -0.415. The molecular weight excluding hydrogens is 432 g/mol. The second kappa shape index (κ2) is 9.27. The number of amidine groups is 1. The van der Waals surface area contributed by atoms with Gasteiger partial charge in [-0.15, -0.1) is 0 Å². The fraction of sp³-hybridized carbons (Fsp3) is 0.192. The number of amides is 1. The number of hydroxylamine groups is 1. The first-order chi connectivity index (χ1) is 16.3. The molecule has 1 amide bonds. The van der Waals surface area contributed by atoms with Crippen LogP contribution in [0.5, 0.6) is 5.75 Å². The van der Waals surface area contributed by atoms with Gasteiger partial charge in [0.25, 0.3) is 11.4 Å². The largest absolute Gasteiger partial charge is 0.495 e. The smallest absolute Gasteiger partial charge is 0.264 e. The van der Waals surface area contributed by atoms with Crippen molar-refractivity contribution in [2.45, 2.75) is 27.3 Å². The Kier molecular flexibility index (Phi) is 6.23. The number of benzene rings is 2. The normalized spacial score (nSPS) is 14.2. The number of carbonyl (C=O) groups excluding carboxylic acids is 1. The molecule has 1 aromatic heterocycles. The molecule has 8 nitrogen and oxygen atoms in total. The van der Waals surface area contributed by atoms with Gasteiger partial charge in [0.15, 0.2) is 5.84 Å². The average Bonchev–Trinajstić information content (AvgIpc) is 3.27. The van der Waals surface area contributed by atoms with Crippen LogP contribution in [0, 0.1) is 20.8 Å². The third-order valence-electron chi connectivity index (χ3n) is 5.52. The van der Waals surface area contributed by atoms with E-state index in [-0.39, 0.29) is 23.6 Å². The molecule has 34 heavy (non-hydrogen) atoms. The van der Waals surface area contributed by atoms with E-state index in [0.29, 0.717) is 28.2 Å². The van der Waals surface area contributed by atoms with Gasteiger partial charge in [-0.2, -0.15) is 4.99 Å². The van der Waals surface area contributed by atoms with Gasteiger partial charge in [-0.05, 0) is 49.8 Å². The Balaban J connectivity index is 1.70. The highest BCUT2D eigenvalue weighted by molar-refractivity contribution is 6.01. The van der Waals surface area contributed by atoms with Gasteiger partial charge in [0, 0.05) is 11.3 Å². The van der Waals surface area contributed by atoms with Crippen LogP contribution in [0.4, 0.5) is 5.69 Å². The maximum absolute atomic E-state index is 13.4. The molecule has 1 aliphatic rings. The van der Waals surface area contributed by atoms with Crippen LogP contribution < -0.4 is 31.5 Å². The van der Waals surface area contributed by atoms with Crippen molar-refractivity contribution in [2.75, 3.05) is 12.4 Å². The molecule has 0 saturated heterocycles. The van der Waals surface area contributed by atoms with Crippen molar-refractivity contribution in [2.24, 2.45) is 4.99 Å². The van der Waals surface area contributed by atoms with Gasteiger partial charge in [-0.25, -0.2) is 5.48 Å². The maximum Gasteiger partial charge on any atom is 0.264 e. The van der Waals surface area contributed by atoms with E-state index in [1.807, 2.05) is 50.2 Å². The van der Waals surface area contributed by atoms with Gasteiger partial charge in [0.2, 0.25) is 5.91 Å². The van der Waals surface area contributed by atoms with Crippen LogP contribution in [0.25, 0.3) is 12.5 Å². The molecule has 1 aliphatic heterocycles. The van der Waals surface area contributed by atoms with Crippen molar-refractivity contribution < 1.29 is 14.4 Å². The molecule has 0 aliphatic carbocycles. The number of aliphatic imine (C=N–C) groups is 1. The number of anilines is 1. The Hall–Kier alpha value is -4.33. The number of carbonyl (C=O) groups is 1. The van der Waals surface area contributed by atoms with Gasteiger partial charge in [-0.3, -0.25) is 9.59 Å². The highest BCUT2D eigenvalue weighted by Crippen LogP contribution is 2.25. The molecule has 0 bridgehead atoms. The Morgan fingerprint density at radius 1 is 1.12 bits per heavy atom. The minimum Gasteiger partial charge on any atom is -0.495 e. The molecule has 3 aromatic rings. The van der Waals surface area contributed by atoms with E-state index in [0.717, 1.165) is 16.7 Å². The van der Waals surface area contributed by atoms with Crippen molar-refractivity contribution in [1.29, 1.82) is 0 Å². The van der Waals surface area contributed by atoms with Crippen molar-refractivity contribution in [3.8, 4) is 5.75 Å². The monoisotopic (exact) mass is 458 g/mol. The zero-order chi connectivity index (χ0) is 24.4. The lowest BCUT2D eigenvalue weighted by molar-refractivity contribution is -0.116. The van der Waals surface area contributed by atoms with E-state index < -0.39 is 5.56 Å². The summed E-state index contributed by atoms with van der Waals surface area (Å²) in [6.07, 6.45) is 0. The first kappa shape index (κ1) is 22.8. The molecule has 0 spiro atoms. The lowest BCUT2D eigenvalue weighted by Gasteiger charge is -2.13. The number of methoxy groups -OCH3 is 1. The molecule has 0 atom stereocenters. The van der Waals surface area contributed by atoms with Gasteiger partial charge < -0.3 is 19.5 Å². The number of nitrogens with zero attached hydrogens (tertiary/aromatic N) is 2. The molecular formula is C26H26N4O4. The van der Waals surface area contributed by atoms with Crippen LogP contribution >= 0.6 is 0 Å². The zero-order valence-corrected chi connectivity index (χ0v) is 19.6. The summed E-state index contributed by atoms with van der Waals surface area (Å²) < 4.78 is 6.69. The number of hydrogen-bond donors (Lipinski definition) is 2. The van der Waals surface area contributed by atoms with E-state index in [1.165, 1.54) is 11.7 Å². The predicted molar refractivity (Wildman–Crippen MR) is 132 cm³/mol. The summed E-state index contributed by atoms with van der Waals surface area (Å²) in [5.41, 5.74) is 6.40. The summed E-state index contributed by atoms with van der Waals surface area (Å²) in [5, 5.41) is 3.48.